The monoisotopic (exact) mass is 253 g/mol. The van der Waals surface area contributed by atoms with Gasteiger partial charge in [0.15, 0.2) is 0 Å². The predicted molar refractivity (Wildman–Crippen MR) is 61.8 cm³/mol. The first kappa shape index (κ1) is 11.5. The van der Waals surface area contributed by atoms with Crippen LogP contribution in [0, 0.1) is 0 Å². The van der Waals surface area contributed by atoms with Crippen molar-refractivity contribution in [1.29, 1.82) is 0 Å². The lowest BCUT2D eigenvalue weighted by Crippen LogP contribution is -2.12. The van der Waals surface area contributed by atoms with Gasteiger partial charge >= 0.3 is 5.97 Å². The maximum Gasteiger partial charge on any atom is 0.377 e. The number of aromatic amines is 1. The number of nitrogens with one attached hydrogen (secondary N) is 1. The molecule has 0 aliphatic carbocycles. The fourth-order valence-electron chi connectivity index (χ4n) is 1.65. The van der Waals surface area contributed by atoms with E-state index in [2.05, 4.69) is 4.98 Å². The number of aliphatic carboxylic acids is 1. The Balaban J connectivity index is 2.78. The van der Waals surface area contributed by atoms with Crippen LogP contribution in [0.4, 0.5) is 0 Å². The van der Waals surface area contributed by atoms with E-state index in [9.17, 15) is 9.59 Å². The molecule has 1 aromatic carbocycles. The highest BCUT2D eigenvalue weighted by molar-refractivity contribution is 6.43. The van der Waals surface area contributed by atoms with Crippen LogP contribution in [0.25, 0.3) is 10.9 Å². The number of fused-ring (bicyclic) bond motifs is 1. The third-order valence-electron chi connectivity index (χ3n) is 2.41. The zero-order chi connectivity index (χ0) is 12.6. The lowest BCUT2D eigenvalue weighted by atomic mass is 10.1. The van der Waals surface area contributed by atoms with E-state index in [0.29, 0.717) is 21.7 Å². The summed E-state index contributed by atoms with van der Waals surface area (Å²) in [5, 5.41) is 9.48. The van der Waals surface area contributed by atoms with Gasteiger partial charge in [-0.05, 0) is 12.1 Å². The number of Topliss-reactive ketones (excluding diaryl/α,β-unsaturated/α-hetero) is 1. The Morgan fingerprint density at radius 3 is 2.71 bits per heavy atom. The molecule has 2 N–H and O–H groups in total. The van der Waals surface area contributed by atoms with E-state index in [1.54, 1.807) is 12.1 Å². The average molecular weight is 254 g/mol. The number of hydrogen-bond acceptors (Lipinski definition) is 3. The molecule has 0 radical (unpaired) electrons. The number of benzene rings is 1. The molecule has 0 amide bonds. The minimum absolute atomic E-state index is 0.0341. The first-order valence-corrected chi connectivity index (χ1v) is 5.05. The standard InChI is InChI=1S/C11H8ClNO4/c1-17-7-3-2-6(12)9-8(7)5(4-13-9)10(14)11(15)16/h2-4,13H,1H3,(H,15,16). The Kier molecular flexibility index (Phi) is 2.77. The SMILES string of the molecule is COc1ccc(Cl)c2[nH]cc(C(=O)C(=O)O)c12. The molecule has 1 aromatic heterocycles. The number of rotatable bonds is 3. The van der Waals surface area contributed by atoms with Gasteiger partial charge in [-0.3, -0.25) is 4.79 Å². The van der Waals surface area contributed by atoms with Crippen LogP contribution in [0.15, 0.2) is 18.3 Å². The Hall–Kier alpha value is -2.01. The molecule has 0 fully saturated rings. The molecule has 2 rings (SSSR count). The number of carbonyl (C=O) groups excluding carboxylic acids is 1. The van der Waals surface area contributed by atoms with Crippen LogP contribution in [0.1, 0.15) is 10.4 Å². The van der Waals surface area contributed by atoms with Gasteiger partial charge in [-0.1, -0.05) is 11.6 Å². The molecular weight excluding hydrogens is 246 g/mol. The van der Waals surface area contributed by atoms with Crippen molar-refractivity contribution >= 4 is 34.3 Å². The summed E-state index contributed by atoms with van der Waals surface area (Å²) in [6.07, 6.45) is 1.32. The van der Waals surface area contributed by atoms with Crippen LogP contribution in [0.5, 0.6) is 5.75 Å². The van der Waals surface area contributed by atoms with Crippen molar-refractivity contribution in [3.8, 4) is 5.75 Å². The summed E-state index contributed by atoms with van der Waals surface area (Å²) in [6, 6.07) is 3.19. The highest BCUT2D eigenvalue weighted by Crippen LogP contribution is 2.33. The number of ketones is 1. The van der Waals surface area contributed by atoms with E-state index in [4.69, 9.17) is 21.4 Å². The zero-order valence-corrected chi connectivity index (χ0v) is 9.54. The molecule has 0 bridgehead atoms. The van der Waals surface area contributed by atoms with Crippen LogP contribution in [0.2, 0.25) is 5.02 Å². The number of carboxylic acid groups (broad SMARTS) is 1. The van der Waals surface area contributed by atoms with Crippen molar-refractivity contribution in [1.82, 2.24) is 4.98 Å². The Labute approximate surface area is 101 Å². The van der Waals surface area contributed by atoms with Crippen molar-refractivity contribution in [3.63, 3.8) is 0 Å². The molecule has 0 aliphatic heterocycles. The normalized spacial score (nSPS) is 10.5. The molecule has 1 heterocycles. The second-order valence-corrected chi connectivity index (χ2v) is 3.74. The van der Waals surface area contributed by atoms with Gasteiger partial charge in [0.05, 0.1) is 28.6 Å². The summed E-state index contributed by atoms with van der Waals surface area (Å²) in [6.45, 7) is 0. The average Bonchev–Trinajstić information content (AvgIpc) is 2.74. The number of carboxylic acids is 1. The third-order valence-corrected chi connectivity index (χ3v) is 2.72. The number of methoxy groups -OCH3 is 1. The third kappa shape index (κ3) is 1.74. The van der Waals surface area contributed by atoms with Gasteiger partial charge in [-0.2, -0.15) is 0 Å². The Morgan fingerprint density at radius 1 is 1.41 bits per heavy atom. The van der Waals surface area contributed by atoms with Crippen LogP contribution < -0.4 is 4.74 Å². The van der Waals surface area contributed by atoms with Gasteiger partial charge in [0.25, 0.3) is 5.78 Å². The molecule has 0 unspecified atom stereocenters. The van der Waals surface area contributed by atoms with Crippen LogP contribution in [0.3, 0.4) is 0 Å². The molecule has 6 heteroatoms. The number of hydrogen-bond donors (Lipinski definition) is 2. The second kappa shape index (κ2) is 4.10. The minimum Gasteiger partial charge on any atom is -0.496 e. The summed E-state index contributed by atoms with van der Waals surface area (Å²) in [5.74, 6) is -2.13. The molecule has 0 aliphatic rings. The first-order valence-electron chi connectivity index (χ1n) is 4.67. The largest absolute Gasteiger partial charge is 0.496 e. The molecular formula is C11H8ClNO4. The van der Waals surface area contributed by atoms with Gasteiger partial charge in [0.1, 0.15) is 5.75 Å². The van der Waals surface area contributed by atoms with Gasteiger partial charge < -0.3 is 14.8 Å². The summed E-state index contributed by atoms with van der Waals surface area (Å²) in [4.78, 5) is 24.9. The zero-order valence-electron chi connectivity index (χ0n) is 8.78. The lowest BCUT2D eigenvalue weighted by molar-refractivity contribution is -0.131. The van der Waals surface area contributed by atoms with E-state index in [0.717, 1.165) is 0 Å². The summed E-state index contributed by atoms with van der Waals surface area (Å²) in [5.41, 5.74) is 0.516. The van der Waals surface area contributed by atoms with Crippen molar-refractivity contribution in [2.45, 2.75) is 0 Å². The molecule has 0 atom stereocenters. The molecule has 17 heavy (non-hydrogen) atoms. The summed E-state index contributed by atoms with van der Waals surface area (Å²) in [7, 11) is 1.44. The quantitative estimate of drug-likeness (QED) is 0.648. The van der Waals surface area contributed by atoms with Crippen LogP contribution in [-0.2, 0) is 4.79 Å². The molecule has 5 nitrogen and oxygen atoms in total. The fourth-order valence-corrected chi connectivity index (χ4v) is 1.86. The van der Waals surface area contributed by atoms with Crippen LogP contribution in [-0.4, -0.2) is 29.0 Å². The Morgan fingerprint density at radius 2 is 2.12 bits per heavy atom. The maximum absolute atomic E-state index is 11.5. The van der Waals surface area contributed by atoms with Crippen LogP contribution >= 0.6 is 11.6 Å². The van der Waals surface area contributed by atoms with E-state index in [-0.39, 0.29) is 5.56 Å². The number of aromatic nitrogens is 1. The topological polar surface area (TPSA) is 79.4 Å². The summed E-state index contributed by atoms with van der Waals surface area (Å²) < 4.78 is 5.09. The maximum atomic E-state index is 11.5. The van der Waals surface area contributed by atoms with Gasteiger partial charge in [-0.15, -0.1) is 0 Å². The highest BCUT2D eigenvalue weighted by atomic mass is 35.5. The number of halogens is 1. The molecule has 0 saturated heterocycles. The number of ether oxygens (including phenoxy) is 1. The van der Waals surface area contributed by atoms with Crippen molar-refractivity contribution in [2.24, 2.45) is 0 Å². The molecule has 0 saturated carbocycles. The number of H-pyrrole nitrogens is 1. The minimum atomic E-state index is -1.52. The Bertz CT molecular complexity index is 617. The predicted octanol–water partition coefficient (Wildman–Crippen LogP) is 2.10. The highest BCUT2D eigenvalue weighted by Gasteiger charge is 2.22. The molecule has 0 spiro atoms. The molecule has 88 valence electrons. The molecule has 2 aromatic rings. The van der Waals surface area contributed by atoms with Crippen molar-refractivity contribution < 1.29 is 19.4 Å². The van der Waals surface area contributed by atoms with Crippen molar-refractivity contribution in [2.75, 3.05) is 7.11 Å². The fraction of sp³-hybridized carbons (Fsp3) is 0.0909. The van der Waals surface area contributed by atoms with E-state index in [1.165, 1.54) is 13.3 Å². The lowest BCUT2D eigenvalue weighted by Gasteiger charge is -2.04. The first-order chi connectivity index (χ1) is 8.06. The van der Waals surface area contributed by atoms with E-state index in [1.807, 2.05) is 0 Å². The second-order valence-electron chi connectivity index (χ2n) is 3.34. The number of carbonyl (C=O) groups is 2. The smallest absolute Gasteiger partial charge is 0.377 e. The van der Waals surface area contributed by atoms with E-state index < -0.39 is 11.8 Å². The van der Waals surface area contributed by atoms with Gasteiger partial charge in [0, 0.05) is 6.20 Å². The van der Waals surface area contributed by atoms with Gasteiger partial charge in [-0.25, -0.2) is 4.79 Å². The van der Waals surface area contributed by atoms with Gasteiger partial charge in [0.2, 0.25) is 0 Å². The van der Waals surface area contributed by atoms with Crippen molar-refractivity contribution in [3.05, 3.63) is 28.9 Å². The van der Waals surface area contributed by atoms with E-state index >= 15 is 0 Å². The summed E-state index contributed by atoms with van der Waals surface area (Å²) >= 11 is 5.94.